The Kier molecular flexibility index (Phi) is 8.99. The van der Waals surface area contributed by atoms with E-state index < -0.39 is 17.6 Å². The number of carbonyl (C=O) groups excluding carboxylic acids is 1. The molecular weight excluding hydrogens is 462 g/mol. The lowest BCUT2D eigenvalue weighted by molar-refractivity contribution is -0.137. The molecule has 1 heterocycles. The summed E-state index contributed by atoms with van der Waals surface area (Å²) < 4.78 is 38.5. The number of rotatable bonds is 5. The second-order valence-electron chi connectivity index (χ2n) is 8.35. The highest BCUT2D eigenvalue weighted by Crippen LogP contribution is 2.41. The maximum Gasteiger partial charge on any atom is 0.416 e. The van der Waals surface area contributed by atoms with Crippen LogP contribution >= 0.6 is 24.8 Å². The molecule has 0 spiro atoms. The molecule has 176 valence electrons. The summed E-state index contributed by atoms with van der Waals surface area (Å²) in [6.07, 6.45) is -0.997. The first kappa shape index (κ1) is 26.5. The van der Waals surface area contributed by atoms with Crippen molar-refractivity contribution < 1.29 is 18.0 Å². The molecule has 9 heteroatoms. The fourth-order valence-electron chi connectivity index (χ4n) is 4.08. The third kappa shape index (κ3) is 6.61. The number of hydrogen-bond donors (Lipinski definition) is 2. The Balaban J connectivity index is 0.00000181. The molecule has 1 amide bonds. The predicted molar refractivity (Wildman–Crippen MR) is 125 cm³/mol. The van der Waals surface area contributed by atoms with Gasteiger partial charge in [0.1, 0.15) is 0 Å². The van der Waals surface area contributed by atoms with Crippen LogP contribution < -0.4 is 10.6 Å². The fourth-order valence-corrected chi connectivity index (χ4v) is 4.08. The van der Waals surface area contributed by atoms with Crippen LogP contribution in [0.25, 0.3) is 0 Å². The number of amides is 1. The molecule has 2 N–H and O–H groups in total. The number of likely N-dealkylation sites (tertiary alicyclic amines) is 1. The molecule has 2 aromatic rings. The lowest BCUT2D eigenvalue weighted by Gasteiger charge is -2.29. The van der Waals surface area contributed by atoms with Crippen LogP contribution in [0.15, 0.2) is 48.5 Å². The third-order valence-corrected chi connectivity index (χ3v) is 6.01. The number of hydrogen-bond acceptors (Lipinski definition) is 3. The number of carbonyl (C=O) groups is 1. The summed E-state index contributed by atoms with van der Waals surface area (Å²) in [5, 5.41) is 6.44. The number of nitrogens with zero attached hydrogens (tertiary/aromatic N) is 1. The van der Waals surface area contributed by atoms with E-state index in [1.165, 1.54) is 30.5 Å². The van der Waals surface area contributed by atoms with E-state index in [0.717, 1.165) is 31.6 Å². The first-order valence-corrected chi connectivity index (χ1v) is 10.3. The van der Waals surface area contributed by atoms with Crippen molar-refractivity contribution in [3.63, 3.8) is 0 Å². The zero-order valence-electron chi connectivity index (χ0n) is 17.7. The van der Waals surface area contributed by atoms with E-state index in [1.807, 2.05) is 24.3 Å². The Morgan fingerprint density at radius 2 is 1.69 bits per heavy atom. The molecule has 1 saturated heterocycles. The van der Waals surface area contributed by atoms with E-state index in [0.29, 0.717) is 23.7 Å². The number of halogens is 5. The van der Waals surface area contributed by atoms with Crippen LogP contribution in [-0.2, 0) is 6.18 Å². The molecule has 2 aliphatic rings. The summed E-state index contributed by atoms with van der Waals surface area (Å²) in [6.45, 7) is 2.27. The van der Waals surface area contributed by atoms with Gasteiger partial charge in [0.25, 0.3) is 5.91 Å². The number of anilines is 1. The minimum Gasteiger partial charge on any atom is -0.322 e. The molecule has 0 bridgehead atoms. The topological polar surface area (TPSA) is 44.4 Å². The van der Waals surface area contributed by atoms with Crippen molar-refractivity contribution in [3.05, 3.63) is 65.2 Å². The number of nitrogens with one attached hydrogen (secondary N) is 2. The summed E-state index contributed by atoms with van der Waals surface area (Å²) in [7, 11) is 2.16. The van der Waals surface area contributed by atoms with Gasteiger partial charge in [-0.25, -0.2) is 0 Å². The highest BCUT2D eigenvalue weighted by molar-refractivity contribution is 6.04. The first-order chi connectivity index (χ1) is 14.3. The lowest BCUT2D eigenvalue weighted by Crippen LogP contribution is -2.41. The van der Waals surface area contributed by atoms with Gasteiger partial charge in [-0.15, -0.1) is 24.8 Å². The minimum absolute atomic E-state index is 0. The number of piperidine rings is 1. The van der Waals surface area contributed by atoms with Crippen molar-refractivity contribution in [2.45, 2.75) is 43.4 Å². The van der Waals surface area contributed by atoms with Gasteiger partial charge in [-0.3, -0.25) is 4.79 Å². The predicted octanol–water partition coefficient (Wildman–Crippen LogP) is 5.34. The van der Waals surface area contributed by atoms with Crippen LogP contribution in [0.1, 0.15) is 46.7 Å². The SMILES string of the molecule is CN1CCC(NC2CC2c2ccc(NC(=O)c3cccc(C(F)(F)F)c3)cc2)CC1.Cl.Cl. The van der Waals surface area contributed by atoms with E-state index in [-0.39, 0.29) is 30.4 Å². The van der Waals surface area contributed by atoms with E-state index >= 15 is 0 Å². The summed E-state index contributed by atoms with van der Waals surface area (Å²) in [5.74, 6) is -0.0695. The van der Waals surface area contributed by atoms with Gasteiger partial charge in [0.15, 0.2) is 0 Å². The van der Waals surface area contributed by atoms with Crippen molar-refractivity contribution in [3.8, 4) is 0 Å². The Bertz CT molecular complexity index is 900. The van der Waals surface area contributed by atoms with E-state index in [2.05, 4.69) is 22.6 Å². The van der Waals surface area contributed by atoms with Crippen molar-refractivity contribution in [1.82, 2.24) is 10.2 Å². The molecule has 2 aromatic carbocycles. The van der Waals surface area contributed by atoms with Crippen molar-refractivity contribution in [2.24, 2.45) is 0 Å². The Hall–Kier alpha value is -1.80. The molecule has 2 unspecified atom stereocenters. The molecule has 0 radical (unpaired) electrons. The van der Waals surface area contributed by atoms with Crippen molar-refractivity contribution >= 4 is 36.4 Å². The summed E-state index contributed by atoms with van der Waals surface area (Å²) >= 11 is 0. The average Bonchev–Trinajstić information content (AvgIpc) is 3.49. The largest absolute Gasteiger partial charge is 0.416 e. The summed E-state index contributed by atoms with van der Waals surface area (Å²) in [5.41, 5.74) is 0.944. The molecule has 1 saturated carbocycles. The smallest absolute Gasteiger partial charge is 0.322 e. The molecule has 4 rings (SSSR count). The monoisotopic (exact) mass is 489 g/mol. The minimum atomic E-state index is -4.47. The molecule has 1 aliphatic heterocycles. The Labute approximate surface area is 198 Å². The molecule has 4 nitrogen and oxygen atoms in total. The third-order valence-electron chi connectivity index (χ3n) is 6.01. The van der Waals surface area contributed by atoms with Crippen LogP contribution in [0.2, 0.25) is 0 Å². The maximum absolute atomic E-state index is 12.8. The molecular formula is C23H28Cl2F3N3O. The van der Waals surface area contributed by atoms with E-state index in [4.69, 9.17) is 0 Å². The Morgan fingerprint density at radius 1 is 1.03 bits per heavy atom. The molecule has 32 heavy (non-hydrogen) atoms. The zero-order chi connectivity index (χ0) is 21.3. The van der Waals surface area contributed by atoms with Gasteiger partial charge in [0.05, 0.1) is 5.56 Å². The molecule has 1 aliphatic carbocycles. The quantitative estimate of drug-likeness (QED) is 0.595. The van der Waals surface area contributed by atoms with Gasteiger partial charge in [0.2, 0.25) is 0 Å². The summed E-state index contributed by atoms with van der Waals surface area (Å²) in [4.78, 5) is 14.7. The average molecular weight is 490 g/mol. The fraction of sp³-hybridized carbons (Fsp3) is 0.435. The van der Waals surface area contributed by atoms with Crippen LogP contribution in [0.4, 0.5) is 18.9 Å². The van der Waals surface area contributed by atoms with Crippen LogP contribution in [0.5, 0.6) is 0 Å². The molecule has 2 fully saturated rings. The zero-order valence-corrected chi connectivity index (χ0v) is 19.3. The van der Waals surface area contributed by atoms with Gasteiger partial charge >= 0.3 is 6.18 Å². The highest BCUT2D eigenvalue weighted by Gasteiger charge is 2.39. The number of benzene rings is 2. The van der Waals surface area contributed by atoms with Gasteiger partial charge in [-0.05, 0) is 75.3 Å². The maximum atomic E-state index is 12.8. The van der Waals surface area contributed by atoms with Gasteiger partial charge in [-0.1, -0.05) is 18.2 Å². The van der Waals surface area contributed by atoms with Gasteiger partial charge in [-0.2, -0.15) is 13.2 Å². The van der Waals surface area contributed by atoms with E-state index in [1.54, 1.807) is 0 Å². The van der Waals surface area contributed by atoms with E-state index in [9.17, 15) is 18.0 Å². The van der Waals surface area contributed by atoms with Crippen LogP contribution in [-0.4, -0.2) is 43.0 Å². The molecule has 0 aromatic heterocycles. The van der Waals surface area contributed by atoms with Crippen LogP contribution in [0.3, 0.4) is 0 Å². The van der Waals surface area contributed by atoms with Gasteiger partial charge in [0, 0.05) is 29.3 Å². The first-order valence-electron chi connectivity index (χ1n) is 10.3. The molecule has 2 atom stereocenters. The van der Waals surface area contributed by atoms with Crippen molar-refractivity contribution in [1.29, 1.82) is 0 Å². The van der Waals surface area contributed by atoms with Gasteiger partial charge < -0.3 is 15.5 Å². The second-order valence-corrected chi connectivity index (χ2v) is 8.35. The van der Waals surface area contributed by atoms with Crippen molar-refractivity contribution in [2.75, 3.05) is 25.5 Å². The highest BCUT2D eigenvalue weighted by atomic mass is 35.5. The Morgan fingerprint density at radius 3 is 2.31 bits per heavy atom. The second kappa shape index (κ2) is 10.9. The normalized spacial score (nSPS) is 21.2. The summed E-state index contributed by atoms with van der Waals surface area (Å²) in [6, 6.07) is 13.1. The standard InChI is InChI=1S/C23H26F3N3O.2ClH/c1-29-11-9-19(10-12-29)27-21-14-20(21)15-5-7-18(8-6-15)28-22(30)16-3-2-4-17(13-16)23(24,25)26;;/h2-8,13,19-21,27H,9-12,14H2,1H3,(H,28,30);2*1H. The number of alkyl halides is 3. The lowest BCUT2D eigenvalue weighted by atomic mass is 10.0. The van der Waals surface area contributed by atoms with Crippen LogP contribution in [0, 0.1) is 0 Å².